The Kier molecular flexibility index (Phi) is 4.37. The Morgan fingerprint density at radius 2 is 1.96 bits per heavy atom. The van der Waals surface area contributed by atoms with Crippen LogP contribution in [0, 0.1) is 5.41 Å². The van der Waals surface area contributed by atoms with Gasteiger partial charge in [-0.1, -0.05) is 62.3 Å². The lowest BCUT2D eigenvalue weighted by molar-refractivity contribution is 0.0169. The molecule has 122 valence electrons. The highest BCUT2D eigenvalue weighted by Gasteiger charge is 2.20. The third-order valence-corrected chi connectivity index (χ3v) is 3.93. The van der Waals surface area contributed by atoms with Gasteiger partial charge in [0.05, 0.1) is 5.71 Å². The van der Waals surface area contributed by atoms with Crippen molar-refractivity contribution in [2.75, 3.05) is 13.2 Å². The fraction of sp³-hybridized carbons (Fsp3) is 0.421. The van der Waals surface area contributed by atoms with E-state index in [2.05, 4.69) is 61.6 Å². The summed E-state index contributed by atoms with van der Waals surface area (Å²) in [5.74, 6) is 0. The first-order chi connectivity index (χ1) is 10.9. The summed E-state index contributed by atoms with van der Waals surface area (Å²) in [6.45, 7) is 7.21. The predicted octanol–water partition coefficient (Wildman–Crippen LogP) is 3.07. The molecule has 0 spiro atoms. The zero-order chi connectivity index (χ0) is 16.4. The topological polar surface area (TPSA) is 53.8 Å². The number of benzene rings is 2. The molecule has 2 aromatic rings. The number of aliphatic hydroxyl groups excluding tert-OH is 1. The van der Waals surface area contributed by atoms with Crippen molar-refractivity contribution < 1.29 is 9.94 Å². The fourth-order valence-corrected chi connectivity index (χ4v) is 2.83. The molecule has 0 bridgehead atoms. The number of nitrogens with zero attached hydrogens (tertiary/aromatic N) is 1. The van der Waals surface area contributed by atoms with Crippen LogP contribution in [0.3, 0.4) is 0 Å². The van der Waals surface area contributed by atoms with Gasteiger partial charge in [0.2, 0.25) is 0 Å². The third kappa shape index (κ3) is 3.71. The first kappa shape index (κ1) is 16.0. The maximum atomic E-state index is 9.91. The van der Waals surface area contributed by atoms with Crippen molar-refractivity contribution in [3.05, 3.63) is 47.5 Å². The van der Waals surface area contributed by atoms with Crippen molar-refractivity contribution in [1.82, 2.24) is 5.32 Å². The van der Waals surface area contributed by atoms with Gasteiger partial charge in [-0.25, -0.2) is 0 Å². The summed E-state index contributed by atoms with van der Waals surface area (Å²) in [7, 11) is 0. The van der Waals surface area contributed by atoms with Crippen LogP contribution in [-0.2, 0) is 11.3 Å². The van der Waals surface area contributed by atoms with Gasteiger partial charge in [-0.15, -0.1) is 0 Å². The summed E-state index contributed by atoms with van der Waals surface area (Å²) in [6.07, 6.45) is 0.0699. The lowest BCUT2D eigenvalue weighted by Crippen LogP contribution is -2.38. The highest BCUT2D eigenvalue weighted by molar-refractivity contribution is 6.17. The van der Waals surface area contributed by atoms with E-state index in [0.29, 0.717) is 0 Å². The summed E-state index contributed by atoms with van der Waals surface area (Å²) in [6, 6.07) is 12.6. The van der Waals surface area contributed by atoms with Gasteiger partial charge < -0.3 is 9.94 Å². The molecule has 1 atom stereocenters. The molecule has 2 N–H and O–H groups in total. The molecule has 1 aliphatic carbocycles. The SMILES string of the molecule is CC(C)(C)CNC(O)CON=C1Cc2cccc3cccc1c23. The zero-order valence-electron chi connectivity index (χ0n) is 14.0. The van der Waals surface area contributed by atoms with E-state index < -0.39 is 6.23 Å². The predicted molar refractivity (Wildman–Crippen MR) is 93.6 cm³/mol. The molecule has 0 radical (unpaired) electrons. The summed E-state index contributed by atoms with van der Waals surface area (Å²) in [5.41, 5.74) is 3.47. The number of nitrogens with one attached hydrogen (secondary N) is 1. The van der Waals surface area contributed by atoms with E-state index in [1.165, 1.54) is 16.3 Å². The van der Waals surface area contributed by atoms with E-state index in [0.717, 1.165) is 24.2 Å². The Labute approximate surface area is 137 Å². The zero-order valence-corrected chi connectivity index (χ0v) is 14.0. The molecule has 23 heavy (non-hydrogen) atoms. The van der Waals surface area contributed by atoms with Crippen molar-refractivity contribution in [2.45, 2.75) is 33.4 Å². The van der Waals surface area contributed by atoms with Gasteiger partial charge in [-0.05, 0) is 21.8 Å². The van der Waals surface area contributed by atoms with Gasteiger partial charge >= 0.3 is 0 Å². The van der Waals surface area contributed by atoms with Gasteiger partial charge in [0.1, 0.15) is 6.23 Å². The fourth-order valence-electron chi connectivity index (χ4n) is 2.83. The van der Waals surface area contributed by atoms with Crippen molar-refractivity contribution in [2.24, 2.45) is 10.6 Å². The van der Waals surface area contributed by atoms with E-state index in [1.54, 1.807) is 0 Å². The average molecular weight is 312 g/mol. The quantitative estimate of drug-likeness (QED) is 0.659. The normalized spacial score (nSPS) is 17.0. The molecule has 1 aliphatic rings. The Hall–Kier alpha value is -1.91. The molecule has 0 saturated carbocycles. The van der Waals surface area contributed by atoms with E-state index in [-0.39, 0.29) is 12.0 Å². The molecule has 0 aliphatic heterocycles. The minimum atomic E-state index is -0.710. The number of oxime groups is 1. The standard InChI is InChI=1S/C19H24N2O2/c1-19(2,3)12-20-17(22)11-23-21-16-10-14-8-4-6-13-7-5-9-15(16)18(13)14/h4-9,17,20,22H,10-12H2,1-3H3. The van der Waals surface area contributed by atoms with Gasteiger partial charge in [0.15, 0.2) is 6.61 Å². The third-order valence-electron chi connectivity index (χ3n) is 3.93. The maximum absolute atomic E-state index is 9.91. The molecule has 0 amide bonds. The molecule has 3 rings (SSSR count). The first-order valence-electron chi connectivity index (χ1n) is 8.05. The summed E-state index contributed by atoms with van der Waals surface area (Å²) in [4.78, 5) is 5.38. The van der Waals surface area contributed by atoms with Gasteiger partial charge in [-0.2, -0.15) is 0 Å². The molecule has 2 aromatic carbocycles. The number of rotatable bonds is 5. The Morgan fingerprint density at radius 3 is 2.70 bits per heavy atom. The van der Waals surface area contributed by atoms with Crippen LogP contribution in [0.1, 0.15) is 31.9 Å². The van der Waals surface area contributed by atoms with Crippen molar-refractivity contribution in [3.8, 4) is 0 Å². The molecular weight excluding hydrogens is 288 g/mol. The van der Waals surface area contributed by atoms with E-state index in [9.17, 15) is 5.11 Å². The number of hydrogen-bond donors (Lipinski definition) is 2. The van der Waals surface area contributed by atoms with Crippen LogP contribution >= 0.6 is 0 Å². The lowest BCUT2D eigenvalue weighted by Gasteiger charge is -2.21. The lowest BCUT2D eigenvalue weighted by atomic mass is 9.97. The molecule has 4 nitrogen and oxygen atoms in total. The second kappa shape index (κ2) is 6.30. The second-order valence-electron chi connectivity index (χ2n) is 7.29. The molecule has 0 fully saturated rings. The van der Waals surface area contributed by atoms with Crippen LogP contribution in [0.4, 0.5) is 0 Å². The largest absolute Gasteiger partial charge is 0.391 e. The Bertz CT molecular complexity index is 726. The van der Waals surface area contributed by atoms with Crippen LogP contribution in [-0.4, -0.2) is 30.2 Å². The summed E-state index contributed by atoms with van der Waals surface area (Å²) in [5, 5.41) is 19.7. The minimum absolute atomic E-state index is 0.121. The van der Waals surface area contributed by atoms with Crippen molar-refractivity contribution in [3.63, 3.8) is 0 Å². The second-order valence-corrected chi connectivity index (χ2v) is 7.29. The Morgan fingerprint density at radius 1 is 1.22 bits per heavy atom. The first-order valence-corrected chi connectivity index (χ1v) is 8.05. The van der Waals surface area contributed by atoms with Gasteiger partial charge in [0.25, 0.3) is 0 Å². The summed E-state index contributed by atoms with van der Waals surface area (Å²) >= 11 is 0. The molecule has 0 saturated heterocycles. The molecule has 0 aromatic heterocycles. The number of hydrogen-bond acceptors (Lipinski definition) is 4. The molecule has 4 heteroatoms. The monoisotopic (exact) mass is 312 g/mol. The van der Waals surface area contributed by atoms with Crippen LogP contribution < -0.4 is 5.32 Å². The number of aliphatic hydroxyl groups is 1. The maximum Gasteiger partial charge on any atom is 0.156 e. The van der Waals surface area contributed by atoms with Crippen LogP contribution in [0.25, 0.3) is 10.8 Å². The minimum Gasteiger partial charge on any atom is -0.391 e. The average Bonchev–Trinajstić information content (AvgIpc) is 2.85. The van der Waals surface area contributed by atoms with Gasteiger partial charge in [-0.3, -0.25) is 5.32 Å². The van der Waals surface area contributed by atoms with E-state index >= 15 is 0 Å². The van der Waals surface area contributed by atoms with Crippen LogP contribution in [0.15, 0.2) is 41.6 Å². The molecule has 1 unspecified atom stereocenters. The highest BCUT2D eigenvalue weighted by Crippen LogP contribution is 2.30. The van der Waals surface area contributed by atoms with Gasteiger partial charge in [0, 0.05) is 18.5 Å². The summed E-state index contributed by atoms with van der Waals surface area (Å²) < 4.78 is 0. The smallest absolute Gasteiger partial charge is 0.156 e. The van der Waals surface area contributed by atoms with E-state index in [4.69, 9.17) is 4.84 Å². The van der Waals surface area contributed by atoms with Crippen molar-refractivity contribution >= 4 is 16.5 Å². The van der Waals surface area contributed by atoms with E-state index in [1.807, 2.05) is 6.07 Å². The Balaban J connectivity index is 1.64. The van der Waals surface area contributed by atoms with Crippen LogP contribution in [0.5, 0.6) is 0 Å². The van der Waals surface area contributed by atoms with Crippen molar-refractivity contribution in [1.29, 1.82) is 0 Å². The van der Waals surface area contributed by atoms with Crippen LogP contribution in [0.2, 0.25) is 0 Å². The highest BCUT2D eigenvalue weighted by atomic mass is 16.6. The molecular formula is C19H24N2O2. The molecule has 0 heterocycles.